The van der Waals surface area contributed by atoms with Crippen LogP contribution in [0.2, 0.25) is 0 Å². The van der Waals surface area contributed by atoms with Crippen LogP contribution >= 0.6 is 38.5 Å². The molecule has 0 aliphatic heterocycles. The van der Waals surface area contributed by atoms with Gasteiger partial charge in [-0.1, -0.05) is 64.5 Å². The van der Waals surface area contributed by atoms with Gasteiger partial charge in [0.15, 0.2) is 0 Å². The van der Waals surface area contributed by atoms with E-state index in [1.54, 1.807) is 6.08 Å². The number of ether oxygens (including phenoxy) is 1. The maximum atomic E-state index is 12.6. The molecule has 0 aliphatic rings. The average Bonchev–Trinajstić information content (AvgIpc) is 2.78. The molecular formula is C25H20BrIN2O2. The third kappa shape index (κ3) is 6.68. The van der Waals surface area contributed by atoms with Gasteiger partial charge in [-0.05, 0) is 76.5 Å². The van der Waals surface area contributed by atoms with Gasteiger partial charge in [-0.2, -0.15) is 5.26 Å². The summed E-state index contributed by atoms with van der Waals surface area (Å²) in [5.74, 6) is 0.353. The number of benzene rings is 3. The van der Waals surface area contributed by atoms with Crippen molar-refractivity contribution in [3.63, 3.8) is 0 Å². The Labute approximate surface area is 204 Å². The fourth-order valence-corrected chi connectivity index (χ4v) is 3.84. The standard InChI is InChI=1S/C25H20BrIN2O2/c1-17(20-5-3-2-4-6-20)29-25(30)21(15-28)13-19-9-12-24(23(27)14-19)31-16-18-7-10-22(26)11-8-18/h2-14,17H,16H2,1H3,(H,29,30)/b21-13-/t17-/m0/s1. The first-order chi connectivity index (χ1) is 15.0. The molecule has 0 bridgehead atoms. The molecule has 0 aromatic heterocycles. The lowest BCUT2D eigenvalue weighted by Gasteiger charge is -2.14. The topological polar surface area (TPSA) is 62.1 Å². The number of hydrogen-bond donors (Lipinski definition) is 1. The van der Waals surface area contributed by atoms with Crippen LogP contribution in [0.1, 0.15) is 29.7 Å². The number of carbonyl (C=O) groups excluding carboxylic acids is 1. The minimum atomic E-state index is -0.399. The molecule has 3 aromatic rings. The maximum absolute atomic E-state index is 12.6. The number of nitriles is 1. The summed E-state index contributed by atoms with van der Waals surface area (Å²) in [5, 5.41) is 12.4. The lowest BCUT2D eigenvalue weighted by molar-refractivity contribution is -0.117. The third-order valence-corrected chi connectivity index (χ3v) is 5.96. The summed E-state index contributed by atoms with van der Waals surface area (Å²) in [6, 6.07) is 25.0. The second-order valence-electron chi connectivity index (χ2n) is 6.88. The first-order valence-electron chi connectivity index (χ1n) is 9.60. The zero-order valence-corrected chi connectivity index (χ0v) is 20.6. The van der Waals surface area contributed by atoms with Crippen molar-refractivity contribution in [1.82, 2.24) is 5.32 Å². The molecule has 0 saturated carbocycles. The van der Waals surface area contributed by atoms with Crippen LogP contribution in [0.25, 0.3) is 6.08 Å². The number of rotatable bonds is 7. The van der Waals surface area contributed by atoms with Crippen LogP contribution in [0.5, 0.6) is 5.75 Å². The van der Waals surface area contributed by atoms with E-state index in [-0.39, 0.29) is 11.6 Å². The van der Waals surface area contributed by atoms with E-state index in [1.807, 2.05) is 85.8 Å². The molecule has 1 N–H and O–H groups in total. The minimum Gasteiger partial charge on any atom is -0.488 e. The van der Waals surface area contributed by atoms with Crippen LogP contribution in [-0.4, -0.2) is 5.91 Å². The number of hydrogen-bond acceptors (Lipinski definition) is 3. The highest BCUT2D eigenvalue weighted by atomic mass is 127. The van der Waals surface area contributed by atoms with E-state index in [9.17, 15) is 10.1 Å². The highest BCUT2D eigenvalue weighted by Crippen LogP contribution is 2.25. The number of amides is 1. The maximum Gasteiger partial charge on any atom is 0.262 e. The van der Waals surface area contributed by atoms with Crippen LogP contribution < -0.4 is 10.1 Å². The molecule has 0 radical (unpaired) electrons. The molecule has 0 saturated heterocycles. The Morgan fingerprint density at radius 3 is 2.52 bits per heavy atom. The van der Waals surface area contributed by atoms with Gasteiger partial charge in [0.1, 0.15) is 24.0 Å². The van der Waals surface area contributed by atoms with Gasteiger partial charge in [0.2, 0.25) is 0 Å². The van der Waals surface area contributed by atoms with Gasteiger partial charge >= 0.3 is 0 Å². The molecule has 3 aromatic carbocycles. The second kappa shape index (κ2) is 11.1. The largest absolute Gasteiger partial charge is 0.488 e. The first-order valence-corrected chi connectivity index (χ1v) is 11.5. The third-order valence-electron chi connectivity index (χ3n) is 4.59. The second-order valence-corrected chi connectivity index (χ2v) is 8.96. The van der Waals surface area contributed by atoms with Gasteiger partial charge in [-0.15, -0.1) is 0 Å². The average molecular weight is 587 g/mol. The molecule has 0 unspecified atom stereocenters. The van der Waals surface area contributed by atoms with Crippen molar-refractivity contribution < 1.29 is 9.53 Å². The Bertz CT molecular complexity index is 1120. The fourth-order valence-electron chi connectivity index (χ4n) is 2.88. The number of nitrogens with one attached hydrogen (secondary N) is 1. The summed E-state index contributed by atoms with van der Waals surface area (Å²) in [4.78, 5) is 12.6. The Morgan fingerprint density at radius 2 is 1.87 bits per heavy atom. The van der Waals surface area contributed by atoms with Gasteiger partial charge < -0.3 is 10.1 Å². The monoisotopic (exact) mass is 586 g/mol. The zero-order chi connectivity index (χ0) is 22.2. The van der Waals surface area contributed by atoms with Crippen molar-refractivity contribution >= 4 is 50.5 Å². The van der Waals surface area contributed by atoms with Gasteiger partial charge in [0.25, 0.3) is 5.91 Å². The number of halogens is 2. The summed E-state index contributed by atoms with van der Waals surface area (Å²) in [5.41, 5.74) is 2.87. The highest BCUT2D eigenvalue weighted by molar-refractivity contribution is 14.1. The molecule has 0 heterocycles. The van der Waals surface area contributed by atoms with E-state index in [2.05, 4.69) is 43.8 Å². The Morgan fingerprint density at radius 1 is 1.16 bits per heavy atom. The van der Waals surface area contributed by atoms with Crippen LogP contribution in [0.15, 0.2) is 82.8 Å². The molecule has 6 heteroatoms. The van der Waals surface area contributed by atoms with E-state index in [4.69, 9.17) is 4.74 Å². The predicted octanol–water partition coefficient (Wildman–Crippen LogP) is 6.42. The molecule has 1 amide bonds. The normalized spacial score (nSPS) is 12.0. The van der Waals surface area contributed by atoms with Gasteiger partial charge in [-0.25, -0.2) is 0 Å². The van der Waals surface area contributed by atoms with Crippen LogP contribution in [-0.2, 0) is 11.4 Å². The zero-order valence-electron chi connectivity index (χ0n) is 16.8. The van der Waals surface area contributed by atoms with Crippen LogP contribution in [0.4, 0.5) is 0 Å². The lowest BCUT2D eigenvalue weighted by Crippen LogP contribution is -2.27. The van der Waals surface area contributed by atoms with Gasteiger partial charge in [-0.3, -0.25) is 4.79 Å². The van der Waals surface area contributed by atoms with Crippen molar-refractivity contribution in [2.75, 3.05) is 0 Å². The highest BCUT2D eigenvalue weighted by Gasteiger charge is 2.14. The fraction of sp³-hybridized carbons (Fsp3) is 0.120. The summed E-state index contributed by atoms with van der Waals surface area (Å²) in [6.07, 6.45) is 1.59. The molecule has 156 valence electrons. The Kier molecular flexibility index (Phi) is 8.27. The minimum absolute atomic E-state index is 0.0575. The summed E-state index contributed by atoms with van der Waals surface area (Å²) >= 11 is 5.62. The van der Waals surface area contributed by atoms with Crippen molar-refractivity contribution in [3.05, 3.63) is 103 Å². The molecule has 3 rings (SSSR count). The molecule has 0 fully saturated rings. The van der Waals surface area contributed by atoms with Gasteiger partial charge in [0, 0.05) is 4.47 Å². The summed E-state index contributed by atoms with van der Waals surface area (Å²) in [7, 11) is 0. The summed E-state index contributed by atoms with van der Waals surface area (Å²) < 4.78 is 7.84. The molecular weight excluding hydrogens is 567 g/mol. The number of carbonyl (C=O) groups is 1. The molecule has 0 spiro atoms. The molecule has 4 nitrogen and oxygen atoms in total. The van der Waals surface area contributed by atoms with Crippen molar-refractivity contribution in [3.8, 4) is 11.8 Å². The van der Waals surface area contributed by atoms with Gasteiger partial charge in [0.05, 0.1) is 9.61 Å². The molecule has 31 heavy (non-hydrogen) atoms. The summed E-state index contributed by atoms with van der Waals surface area (Å²) in [6.45, 7) is 2.35. The SMILES string of the molecule is C[C@H](NC(=O)/C(C#N)=C\c1ccc(OCc2ccc(Br)cc2)c(I)c1)c1ccccc1. The van der Waals surface area contributed by atoms with Crippen LogP contribution in [0.3, 0.4) is 0 Å². The quantitative estimate of drug-likeness (QED) is 0.197. The first kappa shape index (κ1) is 23.0. The predicted molar refractivity (Wildman–Crippen MR) is 134 cm³/mol. The van der Waals surface area contributed by atoms with Crippen LogP contribution in [0, 0.1) is 14.9 Å². The van der Waals surface area contributed by atoms with E-state index in [0.29, 0.717) is 6.61 Å². The Balaban J connectivity index is 1.67. The van der Waals surface area contributed by atoms with E-state index < -0.39 is 5.91 Å². The smallest absolute Gasteiger partial charge is 0.262 e. The van der Waals surface area contributed by atoms with Crippen molar-refractivity contribution in [1.29, 1.82) is 5.26 Å². The number of nitrogens with zero attached hydrogens (tertiary/aromatic N) is 1. The van der Waals surface area contributed by atoms with E-state index >= 15 is 0 Å². The van der Waals surface area contributed by atoms with E-state index in [0.717, 1.165) is 30.5 Å². The molecule has 0 aliphatic carbocycles. The molecule has 1 atom stereocenters. The van der Waals surface area contributed by atoms with Crippen molar-refractivity contribution in [2.45, 2.75) is 19.6 Å². The van der Waals surface area contributed by atoms with Crippen molar-refractivity contribution in [2.24, 2.45) is 0 Å². The lowest BCUT2D eigenvalue weighted by atomic mass is 10.1. The van der Waals surface area contributed by atoms with E-state index in [1.165, 1.54) is 0 Å². The Hall–Kier alpha value is -2.63.